The molecule has 0 radical (unpaired) electrons. The van der Waals surface area contributed by atoms with Crippen molar-refractivity contribution in [1.29, 1.82) is 0 Å². The lowest BCUT2D eigenvalue weighted by Crippen LogP contribution is -2.84. The van der Waals surface area contributed by atoms with Gasteiger partial charge in [0.05, 0.1) is 17.0 Å². The van der Waals surface area contributed by atoms with Crippen molar-refractivity contribution in [3.05, 3.63) is 138 Å². The Morgan fingerprint density at radius 2 is 1.36 bits per heavy atom. The topological polar surface area (TPSA) is 21.5 Å². The molecule has 2 heteroatoms. The van der Waals surface area contributed by atoms with Gasteiger partial charge < -0.3 is 0 Å². The van der Waals surface area contributed by atoms with E-state index in [0.29, 0.717) is 11.8 Å². The van der Waals surface area contributed by atoms with E-state index in [1.165, 1.54) is 60.9 Å². The lowest BCUT2D eigenvalue weighted by molar-refractivity contribution is -0.643. The van der Waals surface area contributed by atoms with Crippen molar-refractivity contribution in [3.63, 3.8) is 0 Å². The third-order valence-corrected chi connectivity index (χ3v) is 9.64. The van der Waals surface area contributed by atoms with Crippen LogP contribution in [-0.4, -0.2) is 4.57 Å². The van der Waals surface area contributed by atoms with Crippen LogP contribution in [0.15, 0.2) is 115 Å². The zero-order chi connectivity index (χ0) is 26.3. The van der Waals surface area contributed by atoms with Crippen LogP contribution in [0.4, 0.5) is 5.69 Å². The van der Waals surface area contributed by atoms with Crippen molar-refractivity contribution >= 4 is 27.5 Å². The van der Waals surface area contributed by atoms with Gasteiger partial charge in [-0.25, -0.2) is 0 Å². The maximum Gasteiger partial charge on any atom is 0.178 e. The molecular formula is C37H33N2+. The lowest BCUT2D eigenvalue weighted by Gasteiger charge is -2.37. The summed E-state index contributed by atoms with van der Waals surface area (Å²) >= 11 is 0. The zero-order valence-corrected chi connectivity index (χ0v) is 22.7. The zero-order valence-electron chi connectivity index (χ0n) is 22.7. The fraction of sp³-hybridized carbons (Fsp3) is 0.189. The van der Waals surface area contributed by atoms with E-state index in [2.05, 4.69) is 146 Å². The minimum absolute atomic E-state index is 0.0136. The number of hydrogen-bond acceptors (Lipinski definition) is 0. The fourth-order valence-electron chi connectivity index (χ4n) is 7.76. The molecule has 0 spiro atoms. The largest absolute Gasteiger partial charge is 0.293 e. The van der Waals surface area contributed by atoms with Crippen molar-refractivity contribution in [1.82, 2.24) is 4.57 Å². The van der Waals surface area contributed by atoms with Gasteiger partial charge in [-0.05, 0) is 52.1 Å². The summed E-state index contributed by atoms with van der Waals surface area (Å²) in [5.74, 6) is 0.723. The van der Waals surface area contributed by atoms with E-state index < -0.39 is 0 Å². The van der Waals surface area contributed by atoms with Crippen molar-refractivity contribution < 1.29 is 5.32 Å². The molecule has 5 aromatic carbocycles. The summed E-state index contributed by atoms with van der Waals surface area (Å²) in [5, 5.41) is 5.23. The second-order valence-corrected chi connectivity index (χ2v) is 12.0. The summed E-state index contributed by atoms with van der Waals surface area (Å²) in [5.41, 5.74) is 12.5. The van der Waals surface area contributed by atoms with Gasteiger partial charge >= 0.3 is 0 Å². The van der Waals surface area contributed by atoms with E-state index in [-0.39, 0.29) is 11.6 Å². The van der Waals surface area contributed by atoms with Crippen LogP contribution in [0.2, 0.25) is 0 Å². The van der Waals surface area contributed by atoms with Crippen molar-refractivity contribution in [2.45, 2.75) is 44.2 Å². The summed E-state index contributed by atoms with van der Waals surface area (Å²) in [6, 6.07) is 43.1. The molecule has 3 unspecified atom stereocenters. The fourth-order valence-corrected chi connectivity index (χ4v) is 7.76. The van der Waals surface area contributed by atoms with Gasteiger partial charge in [-0.3, -0.25) is 9.88 Å². The van der Waals surface area contributed by atoms with Gasteiger partial charge in [-0.1, -0.05) is 112 Å². The maximum atomic E-state index is 2.66. The van der Waals surface area contributed by atoms with Crippen LogP contribution in [0.5, 0.6) is 0 Å². The number of quaternary nitrogens is 1. The van der Waals surface area contributed by atoms with Crippen LogP contribution in [0, 0.1) is 0 Å². The van der Waals surface area contributed by atoms with Gasteiger partial charge in [0.15, 0.2) is 6.17 Å². The van der Waals surface area contributed by atoms with E-state index in [1.807, 2.05) is 0 Å². The van der Waals surface area contributed by atoms with Crippen molar-refractivity contribution in [2.24, 2.45) is 0 Å². The molecule has 3 atom stereocenters. The number of nitrogens with two attached hydrogens (primary N) is 1. The molecule has 1 aliphatic heterocycles. The molecule has 2 N–H and O–H groups in total. The van der Waals surface area contributed by atoms with Crippen LogP contribution in [0.3, 0.4) is 0 Å². The molecule has 39 heavy (non-hydrogen) atoms. The summed E-state index contributed by atoms with van der Waals surface area (Å²) in [6.45, 7) is 7.17. The Balaban J connectivity index is 1.45. The highest BCUT2D eigenvalue weighted by molar-refractivity contribution is 6.10. The first-order chi connectivity index (χ1) is 19.0. The predicted molar refractivity (Wildman–Crippen MR) is 162 cm³/mol. The van der Waals surface area contributed by atoms with E-state index in [1.54, 1.807) is 0 Å². The first kappa shape index (κ1) is 22.8. The van der Waals surface area contributed by atoms with Crippen LogP contribution in [-0.2, 0) is 5.41 Å². The number of rotatable bonds is 2. The van der Waals surface area contributed by atoms with E-state index in [9.17, 15) is 0 Å². The predicted octanol–water partition coefficient (Wildman–Crippen LogP) is 8.40. The molecule has 0 amide bonds. The molecule has 0 fully saturated rings. The summed E-state index contributed by atoms with van der Waals surface area (Å²) < 4.78 is 2.66. The molecule has 2 nitrogen and oxygen atoms in total. The van der Waals surface area contributed by atoms with Gasteiger partial charge in [0.1, 0.15) is 5.69 Å². The van der Waals surface area contributed by atoms with Gasteiger partial charge in [-0.2, -0.15) is 0 Å². The van der Waals surface area contributed by atoms with E-state index >= 15 is 0 Å². The second kappa shape index (κ2) is 8.18. The van der Waals surface area contributed by atoms with Gasteiger partial charge in [0.25, 0.3) is 0 Å². The number of para-hydroxylation sites is 2. The van der Waals surface area contributed by atoms with Gasteiger partial charge in [0, 0.05) is 27.7 Å². The van der Waals surface area contributed by atoms with Crippen LogP contribution < -0.4 is 5.32 Å². The normalized spacial score (nSPS) is 21.1. The number of aromatic nitrogens is 1. The van der Waals surface area contributed by atoms with E-state index in [0.717, 1.165) is 0 Å². The smallest absolute Gasteiger partial charge is 0.178 e. The first-order valence-corrected chi connectivity index (χ1v) is 14.2. The van der Waals surface area contributed by atoms with Crippen molar-refractivity contribution in [2.75, 3.05) is 0 Å². The molecule has 2 aliphatic rings. The Bertz CT molecular complexity index is 1890. The molecule has 0 saturated heterocycles. The van der Waals surface area contributed by atoms with Gasteiger partial charge in [-0.15, -0.1) is 0 Å². The quantitative estimate of drug-likeness (QED) is 0.228. The van der Waals surface area contributed by atoms with Gasteiger partial charge in [0.2, 0.25) is 0 Å². The molecule has 1 aliphatic carbocycles. The molecule has 0 saturated carbocycles. The van der Waals surface area contributed by atoms with E-state index in [4.69, 9.17) is 0 Å². The maximum absolute atomic E-state index is 2.66. The Kier molecular flexibility index (Phi) is 4.78. The summed E-state index contributed by atoms with van der Waals surface area (Å²) in [6.07, 6.45) is 0.197. The Morgan fingerprint density at radius 3 is 2.23 bits per heavy atom. The standard InChI is InChI=1S/C37H32N2/c1-23-25-15-8-11-19-32(25)38-36(35(23)24-13-5-4-6-14-24)39-33-20-12-9-17-27(33)29-21-31-28(22-34(29)39)26-16-7-10-18-30(26)37(31,2)3/h4-23,35-36,38H,1-3H3/p+1. The monoisotopic (exact) mass is 505 g/mol. The highest BCUT2D eigenvalue weighted by Gasteiger charge is 2.42. The molecule has 8 rings (SSSR count). The second-order valence-electron chi connectivity index (χ2n) is 12.0. The molecular weight excluding hydrogens is 472 g/mol. The highest BCUT2D eigenvalue weighted by atomic mass is 15.2. The minimum Gasteiger partial charge on any atom is -0.293 e. The Labute approximate surface area is 229 Å². The number of nitrogens with zero attached hydrogens (tertiary/aromatic N) is 1. The Morgan fingerprint density at radius 1 is 0.641 bits per heavy atom. The number of hydrogen-bond donors (Lipinski definition) is 1. The first-order valence-electron chi connectivity index (χ1n) is 14.2. The molecule has 2 heterocycles. The number of benzene rings is 5. The summed E-state index contributed by atoms with van der Waals surface area (Å²) in [4.78, 5) is 0. The van der Waals surface area contributed by atoms with Crippen LogP contribution in [0.25, 0.3) is 32.9 Å². The summed E-state index contributed by atoms with van der Waals surface area (Å²) in [7, 11) is 0. The minimum atomic E-state index is -0.0136. The molecule has 1 aromatic heterocycles. The Hall–Kier alpha value is -4.14. The average molecular weight is 506 g/mol. The SMILES string of the molecule is CC1c2ccccc2[NH2+]C(n2c3ccccc3c3cc4c(cc32)-c2ccccc2C4(C)C)C1c1ccccc1. The lowest BCUT2D eigenvalue weighted by atomic mass is 9.77. The molecule has 190 valence electrons. The third kappa shape index (κ3) is 3.13. The molecule has 0 bridgehead atoms. The van der Waals surface area contributed by atoms with Crippen molar-refractivity contribution in [3.8, 4) is 11.1 Å². The third-order valence-electron chi connectivity index (χ3n) is 9.64. The highest BCUT2D eigenvalue weighted by Crippen LogP contribution is 2.52. The molecule has 6 aromatic rings. The average Bonchev–Trinajstić information content (AvgIpc) is 3.41. The van der Waals surface area contributed by atoms with Crippen LogP contribution in [0.1, 0.15) is 61.0 Å². The number of fused-ring (bicyclic) bond motifs is 7. The van der Waals surface area contributed by atoms with Crippen LogP contribution >= 0.6 is 0 Å².